The summed E-state index contributed by atoms with van der Waals surface area (Å²) < 4.78 is 5.75. The fourth-order valence-electron chi connectivity index (χ4n) is 4.32. The zero-order valence-corrected chi connectivity index (χ0v) is 18.5. The van der Waals surface area contributed by atoms with Gasteiger partial charge in [0.2, 0.25) is 0 Å². The molecule has 1 N–H and O–H groups in total. The average Bonchev–Trinajstić information content (AvgIpc) is 3.36. The molecule has 1 amide bonds. The SMILES string of the molecule is CC1Cc2ccccc2N1Cc1occc1C(=O)NCC(Cc1ccccc1)N(C)C. The third-order valence-corrected chi connectivity index (χ3v) is 6.20. The van der Waals surface area contributed by atoms with Gasteiger partial charge in [-0.1, -0.05) is 48.5 Å². The van der Waals surface area contributed by atoms with Gasteiger partial charge < -0.3 is 19.5 Å². The third-order valence-electron chi connectivity index (χ3n) is 6.20. The molecule has 5 nitrogen and oxygen atoms in total. The summed E-state index contributed by atoms with van der Waals surface area (Å²) in [4.78, 5) is 17.5. The lowest BCUT2D eigenvalue weighted by molar-refractivity contribution is 0.0939. The molecular weight excluding hydrogens is 386 g/mol. The van der Waals surface area contributed by atoms with E-state index < -0.39 is 0 Å². The Labute approximate surface area is 184 Å². The Kier molecular flexibility index (Phi) is 6.42. The number of carbonyl (C=O) groups excluding carboxylic acids is 1. The summed E-state index contributed by atoms with van der Waals surface area (Å²) in [6, 6.07) is 21.2. The van der Waals surface area contributed by atoms with Gasteiger partial charge in [0.15, 0.2) is 0 Å². The van der Waals surface area contributed by atoms with Crippen LogP contribution < -0.4 is 10.2 Å². The molecule has 2 aromatic carbocycles. The molecule has 1 aliphatic rings. The van der Waals surface area contributed by atoms with E-state index in [4.69, 9.17) is 4.42 Å². The summed E-state index contributed by atoms with van der Waals surface area (Å²) in [5.41, 5.74) is 4.46. The van der Waals surface area contributed by atoms with Crippen molar-refractivity contribution in [3.05, 3.63) is 89.4 Å². The summed E-state index contributed by atoms with van der Waals surface area (Å²) in [5.74, 6) is 0.634. The van der Waals surface area contributed by atoms with Crippen molar-refractivity contribution in [2.75, 3.05) is 25.5 Å². The van der Waals surface area contributed by atoms with Crippen LogP contribution in [0.2, 0.25) is 0 Å². The lowest BCUT2D eigenvalue weighted by atomic mass is 10.0. The third kappa shape index (κ3) is 4.83. The van der Waals surface area contributed by atoms with E-state index in [2.05, 4.69) is 84.7 Å². The van der Waals surface area contributed by atoms with Crippen molar-refractivity contribution in [2.45, 2.75) is 38.4 Å². The average molecular weight is 418 g/mol. The Morgan fingerprint density at radius 3 is 2.65 bits per heavy atom. The first-order chi connectivity index (χ1) is 15.0. The summed E-state index contributed by atoms with van der Waals surface area (Å²) in [5, 5.41) is 3.12. The summed E-state index contributed by atoms with van der Waals surface area (Å²) in [6.07, 6.45) is 3.52. The van der Waals surface area contributed by atoms with Crippen LogP contribution in [0, 0.1) is 0 Å². The van der Waals surface area contributed by atoms with Crippen molar-refractivity contribution in [2.24, 2.45) is 0 Å². The van der Waals surface area contributed by atoms with Gasteiger partial charge in [0.05, 0.1) is 18.4 Å². The number of nitrogens with zero attached hydrogens (tertiary/aromatic N) is 2. The topological polar surface area (TPSA) is 48.7 Å². The molecule has 2 heterocycles. The maximum atomic E-state index is 13.0. The second-order valence-corrected chi connectivity index (χ2v) is 8.58. The summed E-state index contributed by atoms with van der Waals surface area (Å²) in [7, 11) is 4.10. The fourth-order valence-corrected chi connectivity index (χ4v) is 4.32. The molecule has 3 aromatic rings. The van der Waals surface area contributed by atoms with Gasteiger partial charge in [-0.25, -0.2) is 0 Å². The molecular formula is C26H31N3O2. The lowest BCUT2D eigenvalue weighted by Gasteiger charge is -2.25. The number of rotatable bonds is 8. The predicted molar refractivity (Wildman–Crippen MR) is 124 cm³/mol. The maximum Gasteiger partial charge on any atom is 0.254 e. The van der Waals surface area contributed by atoms with Crippen LogP contribution in [-0.4, -0.2) is 43.5 Å². The molecule has 4 rings (SSSR count). The minimum absolute atomic E-state index is 0.0798. The van der Waals surface area contributed by atoms with E-state index in [-0.39, 0.29) is 11.9 Å². The molecule has 1 aliphatic heterocycles. The van der Waals surface area contributed by atoms with E-state index >= 15 is 0 Å². The van der Waals surface area contributed by atoms with Crippen LogP contribution in [0.1, 0.15) is 34.2 Å². The number of likely N-dealkylation sites (N-methyl/N-ethyl adjacent to an activating group) is 1. The minimum Gasteiger partial charge on any atom is -0.467 e. The van der Waals surface area contributed by atoms with Gasteiger partial charge in [-0.15, -0.1) is 0 Å². The van der Waals surface area contributed by atoms with E-state index in [9.17, 15) is 4.79 Å². The zero-order chi connectivity index (χ0) is 21.8. The molecule has 0 spiro atoms. The molecule has 0 saturated carbocycles. The molecule has 0 fully saturated rings. The number of nitrogens with one attached hydrogen (secondary N) is 1. The first kappa shape index (κ1) is 21.2. The van der Waals surface area contributed by atoms with Gasteiger partial charge >= 0.3 is 0 Å². The minimum atomic E-state index is -0.0798. The van der Waals surface area contributed by atoms with Gasteiger partial charge in [0.1, 0.15) is 5.76 Å². The largest absolute Gasteiger partial charge is 0.467 e. The molecule has 0 saturated heterocycles. The van der Waals surface area contributed by atoms with Gasteiger partial charge in [-0.3, -0.25) is 4.79 Å². The van der Waals surface area contributed by atoms with Gasteiger partial charge in [-0.2, -0.15) is 0 Å². The highest BCUT2D eigenvalue weighted by atomic mass is 16.3. The lowest BCUT2D eigenvalue weighted by Crippen LogP contribution is -2.41. The highest BCUT2D eigenvalue weighted by Crippen LogP contribution is 2.33. The molecule has 31 heavy (non-hydrogen) atoms. The highest BCUT2D eigenvalue weighted by molar-refractivity contribution is 5.95. The number of hydrogen-bond acceptors (Lipinski definition) is 4. The molecule has 1 aromatic heterocycles. The zero-order valence-electron chi connectivity index (χ0n) is 18.5. The van der Waals surface area contributed by atoms with Gasteiger partial charge in [-0.05, 0) is 57.1 Å². The van der Waals surface area contributed by atoms with Crippen LogP contribution in [0.3, 0.4) is 0 Å². The molecule has 5 heteroatoms. The van der Waals surface area contributed by atoms with Crippen LogP contribution in [0.4, 0.5) is 5.69 Å². The van der Waals surface area contributed by atoms with Crippen molar-refractivity contribution < 1.29 is 9.21 Å². The molecule has 0 radical (unpaired) electrons. The predicted octanol–water partition coefficient (Wildman–Crippen LogP) is 4.13. The van der Waals surface area contributed by atoms with Gasteiger partial charge in [0, 0.05) is 24.3 Å². The van der Waals surface area contributed by atoms with E-state index in [1.165, 1.54) is 16.8 Å². The highest BCUT2D eigenvalue weighted by Gasteiger charge is 2.28. The molecule has 162 valence electrons. The van der Waals surface area contributed by atoms with Crippen molar-refractivity contribution in [1.82, 2.24) is 10.2 Å². The fraction of sp³-hybridized carbons (Fsp3) is 0.346. The number of para-hydroxylation sites is 1. The second-order valence-electron chi connectivity index (χ2n) is 8.58. The number of amides is 1. The van der Waals surface area contributed by atoms with Crippen LogP contribution >= 0.6 is 0 Å². The number of furan rings is 1. The Balaban J connectivity index is 1.42. The van der Waals surface area contributed by atoms with E-state index in [0.717, 1.165) is 12.8 Å². The molecule has 0 bridgehead atoms. The van der Waals surface area contributed by atoms with Crippen LogP contribution in [0.5, 0.6) is 0 Å². The van der Waals surface area contributed by atoms with E-state index in [1.807, 2.05) is 6.07 Å². The Morgan fingerprint density at radius 1 is 1.13 bits per heavy atom. The van der Waals surface area contributed by atoms with Crippen LogP contribution in [0.25, 0.3) is 0 Å². The molecule has 2 atom stereocenters. The van der Waals surface area contributed by atoms with E-state index in [0.29, 0.717) is 30.5 Å². The monoisotopic (exact) mass is 417 g/mol. The Bertz CT molecular complexity index is 1010. The quantitative estimate of drug-likeness (QED) is 0.599. The normalized spacial score (nSPS) is 16.4. The number of benzene rings is 2. The first-order valence-electron chi connectivity index (χ1n) is 10.9. The van der Waals surface area contributed by atoms with Crippen molar-refractivity contribution >= 4 is 11.6 Å². The summed E-state index contributed by atoms with van der Waals surface area (Å²) in [6.45, 7) is 3.39. The number of carbonyl (C=O) groups is 1. The standard InChI is InChI=1S/C26H31N3O2/c1-19-15-21-11-7-8-12-24(21)29(19)18-25-23(13-14-31-25)26(30)27-17-22(28(2)3)16-20-9-5-4-6-10-20/h4-14,19,22H,15-18H2,1-3H3,(H,27,30). The first-order valence-corrected chi connectivity index (χ1v) is 10.9. The number of anilines is 1. The summed E-state index contributed by atoms with van der Waals surface area (Å²) >= 11 is 0. The maximum absolute atomic E-state index is 13.0. The van der Waals surface area contributed by atoms with Gasteiger partial charge in [0.25, 0.3) is 5.91 Å². The molecule has 0 aliphatic carbocycles. The number of hydrogen-bond donors (Lipinski definition) is 1. The van der Waals surface area contributed by atoms with Crippen molar-refractivity contribution in [1.29, 1.82) is 0 Å². The molecule has 2 unspecified atom stereocenters. The Morgan fingerprint density at radius 2 is 1.87 bits per heavy atom. The van der Waals surface area contributed by atoms with Crippen molar-refractivity contribution in [3.63, 3.8) is 0 Å². The second kappa shape index (κ2) is 9.40. The number of fused-ring (bicyclic) bond motifs is 1. The van der Waals surface area contributed by atoms with E-state index in [1.54, 1.807) is 12.3 Å². The Hall–Kier alpha value is -3.05. The van der Waals surface area contributed by atoms with Crippen LogP contribution in [-0.2, 0) is 19.4 Å². The van der Waals surface area contributed by atoms with Crippen LogP contribution in [0.15, 0.2) is 71.3 Å². The van der Waals surface area contributed by atoms with Crippen molar-refractivity contribution in [3.8, 4) is 0 Å². The smallest absolute Gasteiger partial charge is 0.254 e.